The number of rotatable bonds is 5. The molecule has 26 heavy (non-hydrogen) atoms. The zero-order valence-electron chi connectivity index (χ0n) is 15.4. The molecule has 1 aliphatic heterocycles. The lowest BCUT2D eigenvalue weighted by atomic mass is 10.1. The van der Waals surface area contributed by atoms with Gasteiger partial charge in [0.2, 0.25) is 0 Å². The van der Waals surface area contributed by atoms with Gasteiger partial charge in [0.25, 0.3) is 5.91 Å². The summed E-state index contributed by atoms with van der Waals surface area (Å²) < 4.78 is 13.0. The van der Waals surface area contributed by atoms with Gasteiger partial charge in [0.15, 0.2) is 0 Å². The van der Waals surface area contributed by atoms with Gasteiger partial charge in [-0.3, -0.25) is 9.69 Å². The number of halogens is 1. The molecule has 0 aliphatic carbocycles. The summed E-state index contributed by atoms with van der Waals surface area (Å²) in [7, 11) is 0. The Morgan fingerprint density at radius 2 is 1.62 bits per heavy atom. The van der Waals surface area contributed by atoms with Gasteiger partial charge in [-0.15, -0.1) is 0 Å². The van der Waals surface area contributed by atoms with E-state index in [1.807, 2.05) is 31.2 Å². The smallest absolute Gasteiger partial charge is 0.251 e. The molecule has 1 fully saturated rings. The van der Waals surface area contributed by atoms with Crippen LogP contribution in [-0.4, -0.2) is 23.9 Å². The van der Waals surface area contributed by atoms with Crippen molar-refractivity contribution in [3.05, 3.63) is 71.0 Å². The summed E-state index contributed by atoms with van der Waals surface area (Å²) in [6.45, 7) is 5.18. The van der Waals surface area contributed by atoms with Crippen molar-refractivity contribution >= 4 is 5.91 Å². The van der Waals surface area contributed by atoms with E-state index in [4.69, 9.17) is 0 Å². The highest BCUT2D eigenvalue weighted by Crippen LogP contribution is 2.16. The predicted molar refractivity (Wildman–Crippen MR) is 102 cm³/mol. The van der Waals surface area contributed by atoms with Crippen molar-refractivity contribution < 1.29 is 9.18 Å². The van der Waals surface area contributed by atoms with Crippen molar-refractivity contribution in [2.24, 2.45) is 0 Å². The molecule has 0 bridgehead atoms. The average molecular weight is 354 g/mol. The monoisotopic (exact) mass is 354 g/mol. The van der Waals surface area contributed by atoms with E-state index < -0.39 is 0 Å². The van der Waals surface area contributed by atoms with Crippen LogP contribution >= 0.6 is 0 Å². The van der Waals surface area contributed by atoms with E-state index in [9.17, 15) is 9.18 Å². The van der Waals surface area contributed by atoms with E-state index in [1.54, 1.807) is 12.1 Å². The molecule has 138 valence electrons. The van der Waals surface area contributed by atoms with Crippen LogP contribution in [0.2, 0.25) is 0 Å². The van der Waals surface area contributed by atoms with Crippen molar-refractivity contribution in [1.82, 2.24) is 10.2 Å². The Kier molecular flexibility index (Phi) is 6.40. The molecule has 1 aliphatic rings. The minimum atomic E-state index is -0.271. The predicted octanol–water partition coefficient (Wildman–Crippen LogP) is 4.69. The Balaban J connectivity index is 1.56. The van der Waals surface area contributed by atoms with Crippen LogP contribution in [0.15, 0.2) is 48.5 Å². The van der Waals surface area contributed by atoms with E-state index in [0.717, 1.165) is 25.2 Å². The number of hydrogen-bond acceptors (Lipinski definition) is 2. The molecule has 0 aromatic heterocycles. The number of carbonyl (C=O) groups is 1. The summed E-state index contributed by atoms with van der Waals surface area (Å²) >= 11 is 0. The fourth-order valence-electron chi connectivity index (χ4n) is 3.43. The molecule has 1 heterocycles. The molecule has 1 saturated heterocycles. The molecular formula is C22H27FN2O. The maximum Gasteiger partial charge on any atom is 0.251 e. The van der Waals surface area contributed by atoms with Gasteiger partial charge < -0.3 is 5.32 Å². The largest absolute Gasteiger partial charge is 0.346 e. The maximum atomic E-state index is 13.0. The van der Waals surface area contributed by atoms with Gasteiger partial charge in [-0.1, -0.05) is 37.1 Å². The number of benzene rings is 2. The number of hydrogen-bond donors (Lipinski definition) is 1. The second kappa shape index (κ2) is 8.95. The fourth-order valence-corrected chi connectivity index (χ4v) is 3.43. The molecule has 1 atom stereocenters. The van der Waals surface area contributed by atoms with Gasteiger partial charge in [-0.25, -0.2) is 4.39 Å². The average Bonchev–Trinajstić information content (AvgIpc) is 2.91. The Bertz CT molecular complexity index is 704. The number of likely N-dealkylation sites (tertiary alicyclic amines) is 1. The summed E-state index contributed by atoms with van der Waals surface area (Å²) in [5.74, 6) is -0.379. The summed E-state index contributed by atoms with van der Waals surface area (Å²) in [6.07, 6.45) is 5.23. The van der Waals surface area contributed by atoms with Crippen LogP contribution in [0.25, 0.3) is 0 Å². The molecule has 0 saturated carbocycles. The molecule has 1 amide bonds. The first-order chi connectivity index (χ1) is 12.6. The van der Waals surface area contributed by atoms with E-state index >= 15 is 0 Å². The SMILES string of the molecule is CC(NC(=O)c1ccc(CN2CCCCCC2)cc1)c1ccc(F)cc1. The molecule has 0 radical (unpaired) electrons. The minimum Gasteiger partial charge on any atom is -0.346 e. The molecule has 2 aromatic carbocycles. The third-order valence-corrected chi connectivity index (χ3v) is 5.04. The topological polar surface area (TPSA) is 32.3 Å². The maximum absolute atomic E-state index is 13.0. The molecule has 1 unspecified atom stereocenters. The van der Waals surface area contributed by atoms with Crippen LogP contribution in [0.4, 0.5) is 4.39 Å². The van der Waals surface area contributed by atoms with Gasteiger partial charge in [0.05, 0.1) is 6.04 Å². The lowest BCUT2D eigenvalue weighted by Crippen LogP contribution is -2.27. The van der Waals surface area contributed by atoms with Crippen molar-refractivity contribution in [3.8, 4) is 0 Å². The van der Waals surface area contributed by atoms with Crippen LogP contribution in [0.5, 0.6) is 0 Å². The quantitative estimate of drug-likeness (QED) is 0.845. The normalized spacial score (nSPS) is 16.7. The Hall–Kier alpha value is -2.20. The second-order valence-corrected chi connectivity index (χ2v) is 7.13. The van der Waals surface area contributed by atoms with Crippen molar-refractivity contribution in [3.63, 3.8) is 0 Å². The third-order valence-electron chi connectivity index (χ3n) is 5.04. The first-order valence-corrected chi connectivity index (χ1v) is 9.49. The Labute approximate surface area is 155 Å². The first kappa shape index (κ1) is 18.6. The van der Waals surface area contributed by atoms with Crippen LogP contribution in [0, 0.1) is 5.82 Å². The van der Waals surface area contributed by atoms with E-state index in [0.29, 0.717) is 5.56 Å². The Morgan fingerprint density at radius 3 is 2.23 bits per heavy atom. The van der Waals surface area contributed by atoms with E-state index in [2.05, 4.69) is 10.2 Å². The van der Waals surface area contributed by atoms with Crippen LogP contribution in [0.3, 0.4) is 0 Å². The van der Waals surface area contributed by atoms with Crippen molar-refractivity contribution in [2.45, 2.75) is 45.2 Å². The second-order valence-electron chi connectivity index (χ2n) is 7.13. The summed E-state index contributed by atoms with van der Waals surface area (Å²) in [5, 5.41) is 2.97. The molecule has 4 heteroatoms. The van der Waals surface area contributed by atoms with Gasteiger partial charge in [0.1, 0.15) is 5.82 Å². The molecule has 2 aromatic rings. The summed E-state index contributed by atoms with van der Waals surface area (Å²) in [4.78, 5) is 14.9. The van der Waals surface area contributed by atoms with Crippen molar-refractivity contribution in [2.75, 3.05) is 13.1 Å². The minimum absolute atomic E-state index is 0.108. The summed E-state index contributed by atoms with van der Waals surface area (Å²) in [6, 6.07) is 13.9. The molecule has 3 nitrogen and oxygen atoms in total. The highest BCUT2D eigenvalue weighted by atomic mass is 19.1. The highest BCUT2D eigenvalue weighted by molar-refractivity contribution is 5.94. The lowest BCUT2D eigenvalue weighted by Gasteiger charge is -2.20. The summed E-state index contributed by atoms with van der Waals surface area (Å²) in [5.41, 5.74) is 2.78. The zero-order valence-corrected chi connectivity index (χ0v) is 15.4. The molecule has 3 rings (SSSR count). The first-order valence-electron chi connectivity index (χ1n) is 9.49. The lowest BCUT2D eigenvalue weighted by molar-refractivity contribution is 0.0940. The number of nitrogens with zero attached hydrogens (tertiary/aromatic N) is 1. The van der Waals surface area contributed by atoms with Gasteiger partial charge >= 0.3 is 0 Å². The van der Waals surface area contributed by atoms with Gasteiger partial charge in [-0.2, -0.15) is 0 Å². The third kappa shape index (κ3) is 5.15. The zero-order chi connectivity index (χ0) is 18.4. The Morgan fingerprint density at radius 1 is 1.00 bits per heavy atom. The molecular weight excluding hydrogens is 327 g/mol. The van der Waals surface area contributed by atoms with E-state index in [-0.39, 0.29) is 17.8 Å². The highest BCUT2D eigenvalue weighted by Gasteiger charge is 2.13. The van der Waals surface area contributed by atoms with Crippen LogP contribution < -0.4 is 5.32 Å². The van der Waals surface area contributed by atoms with Gasteiger partial charge in [0, 0.05) is 12.1 Å². The van der Waals surface area contributed by atoms with Crippen LogP contribution in [-0.2, 0) is 6.54 Å². The number of amides is 1. The van der Waals surface area contributed by atoms with Crippen molar-refractivity contribution in [1.29, 1.82) is 0 Å². The molecule has 0 spiro atoms. The van der Waals surface area contributed by atoms with Crippen LogP contribution in [0.1, 0.15) is 60.1 Å². The molecule has 1 N–H and O–H groups in total. The van der Waals surface area contributed by atoms with Gasteiger partial charge in [-0.05, 0) is 68.2 Å². The standard InChI is InChI=1S/C22H27FN2O/c1-17(19-10-12-21(23)13-11-19)24-22(26)20-8-6-18(7-9-20)16-25-14-4-2-3-5-15-25/h6-13,17H,2-5,14-16H2,1H3,(H,24,26). The fraction of sp³-hybridized carbons (Fsp3) is 0.409. The van der Waals surface area contributed by atoms with E-state index in [1.165, 1.54) is 43.4 Å². The number of nitrogens with one attached hydrogen (secondary N) is 1. The number of carbonyl (C=O) groups excluding carboxylic acids is 1.